The maximum Gasteiger partial charge on any atom is 0.338 e. The van der Waals surface area contributed by atoms with E-state index < -0.39 is 12.0 Å². The van der Waals surface area contributed by atoms with Crippen LogP contribution in [0.5, 0.6) is 5.75 Å². The van der Waals surface area contributed by atoms with Crippen molar-refractivity contribution in [2.75, 3.05) is 7.11 Å². The van der Waals surface area contributed by atoms with Crippen LogP contribution in [-0.4, -0.2) is 17.6 Å². The van der Waals surface area contributed by atoms with E-state index in [1.165, 1.54) is 18.4 Å². The Bertz CT molecular complexity index is 2010. The van der Waals surface area contributed by atoms with Gasteiger partial charge in [0.15, 0.2) is 4.80 Å². The summed E-state index contributed by atoms with van der Waals surface area (Å²) in [4.78, 5) is 32.5. The molecular weight excluding hydrogens is 568 g/mol. The van der Waals surface area contributed by atoms with Crippen molar-refractivity contribution >= 4 is 45.8 Å². The van der Waals surface area contributed by atoms with Crippen molar-refractivity contribution in [2.45, 2.75) is 26.0 Å². The zero-order valence-corrected chi connectivity index (χ0v) is 24.6. The van der Waals surface area contributed by atoms with Crippen molar-refractivity contribution in [3.63, 3.8) is 0 Å². The van der Waals surface area contributed by atoms with Crippen molar-refractivity contribution in [3.8, 4) is 5.75 Å². The second-order valence-electron chi connectivity index (χ2n) is 9.81. The molecule has 1 aromatic heterocycles. The normalized spacial score (nSPS) is 14.9. The quantitative estimate of drug-likeness (QED) is 0.211. The summed E-state index contributed by atoms with van der Waals surface area (Å²) < 4.78 is 13.6. The van der Waals surface area contributed by atoms with E-state index in [1.54, 1.807) is 4.57 Å². The van der Waals surface area contributed by atoms with Crippen LogP contribution in [0.1, 0.15) is 36.1 Å². The lowest BCUT2D eigenvalue weighted by atomic mass is 9.95. The van der Waals surface area contributed by atoms with Gasteiger partial charge in [-0.25, -0.2) is 9.79 Å². The summed E-state index contributed by atoms with van der Waals surface area (Å²) in [6, 6.07) is 28.3. The van der Waals surface area contributed by atoms with E-state index in [2.05, 4.69) is 0 Å². The number of methoxy groups -OCH3 is 1. The summed E-state index contributed by atoms with van der Waals surface area (Å²) in [5.41, 5.74) is 3.34. The highest BCUT2D eigenvalue weighted by molar-refractivity contribution is 7.07. The molecule has 0 bridgehead atoms. The molecule has 0 saturated heterocycles. The van der Waals surface area contributed by atoms with Crippen LogP contribution in [-0.2, 0) is 16.1 Å². The summed E-state index contributed by atoms with van der Waals surface area (Å²) in [5, 5.41) is 2.65. The highest BCUT2D eigenvalue weighted by Crippen LogP contribution is 2.32. The number of thiazole rings is 1. The van der Waals surface area contributed by atoms with Crippen LogP contribution in [0.4, 0.5) is 0 Å². The smallest absolute Gasteiger partial charge is 0.338 e. The number of carbonyl (C=O) groups is 1. The minimum atomic E-state index is -0.653. The fourth-order valence-corrected chi connectivity index (χ4v) is 6.37. The number of hydrogen-bond donors (Lipinski definition) is 0. The molecule has 1 aliphatic rings. The third-order valence-electron chi connectivity index (χ3n) is 7.28. The lowest BCUT2D eigenvalue weighted by Crippen LogP contribution is -2.40. The summed E-state index contributed by atoms with van der Waals surface area (Å²) in [7, 11) is 1.35. The van der Waals surface area contributed by atoms with Gasteiger partial charge in [-0.3, -0.25) is 9.36 Å². The molecule has 0 amide bonds. The molecule has 5 aromatic rings. The molecule has 6 nitrogen and oxygen atoms in total. The molecule has 0 N–H and O–H groups in total. The van der Waals surface area contributed by atoms with Gasteiger partial charge in [0.25, 0.3) is 5.56 Å². The maximum absolute atomic E-state index is 14.2. The van der Waals surface area contributed by atoms with Gasteiger partial charge in [0.2, 0.25) is 0 Å². The number of ether oxygens (including phenoxy) is 2. The predicted octanol–water partition coefficient (Wildman–Crippen LogP) is 6.18. The molecule has 1 aliphatic heterocycles. The Hall–Kier alpha value is -4.46. The van der Waals surface area contributed by atoms with Crippen LogP contribution in [0.15, 0.2) is 112 Å². The highest BCUT2D eigenvalue weighted by atomic mass is 35.5. The van der Waals surface area contributed by atoms with E-state index >= 15 is 0 Å². The Morgan fingerprint density at radius 2 is 1.74 bits per heavy atom. The largest absolute Gasteiger partial charge is 0.488 e. The van der Waals surface area contributed by atoms with E-state index in [0.717, 1.165) is 27.5 Å². The first-order valence-corrected chi connectivity index (χ1v) is 14.7. The van der Waals surface area contributed by atoms with Crippen molar-refractivity contribution in [1.82, 2.24) is 4.57 Å². The number of hydrogen-bond acceptors (Lipinski definition) is 6. The van der Waals surface area contributed by atoms with Crippen LogP contribution >= 0.6 is 22.9 Å². The fourth-order valence-electron chi connectivity index (χ4n) is 5.24. The van der Waals surface area contributed by atoms with E-state index in [1.807, 2.05) is 104 Å². The van der Waals surface area contributed by atoms with Crippen LogP contribution < -0.4 is 19.6 Å². The fraction of sp³-hybridized carbons (Fsp3) is 0.147. The monoisotopic (exact) mass is 594 g/mol. The van der Waals surface area contributed by atoms with E-state index in [-0.39, 0.29) is 5.56 Å². The molecular formula is C34H27ClN2O4S. The van der Waals surface area contributed by atoms with Gasteiger partial charge in [0, 0.05) is 10.6 Å². The lowest BCUT2D eigenvalue weighted by molar-refractivity contribution is -0.136. The van der Waals surface area contributed by atoms with Crippen LogP contribution in [0, 0.1) is 0 Å². The van der Waals surface area contributed by atoms with Gasteiger partial charge in [-0.15, -0.1) is 0 Å². The Balaban J connectivity index is 1.54. The van der Waals surface area contributed by atoms with Gasteiger partial charge in [-0.05, 0) is 52.6 Å². The number of halogens is 1. The molecule has 42 heavy (non-hydrogen) atoms. The Morgan fingerprint density at radius 1 is 1.00 bits per heavy atom. The minimum Gasteiger partial charge on any atom is -0.488 e. The molecule has 4 aromatic carbocycles. The molecule has 0 unspecified atom stereocenters. The first-order valence-electron chi connectivity index (χ1n) is 13.6. The molecule has 1 atom stereocenters. The topological polar surface area (TPSA) is 69.9 Å². The average molecular weight is 595 g/mol. The predicted molar refractivity (Wildman–Crippen MR) is 167 cm³/mol. The number of carbonyl (C=O) groups excluding carboxylic acids is 1. The lowest BCUT2D eigenvalue weighted by Gasteiger charge is -2.25. The van der Waals surface area contributed by atoms with E-state index in [0.29, 0.717) is 44.4 Å². The third kappa shape index (κ3) is 5.17. The number of esters is 1. The molecule has 0 spiro atoms. The minimum absolute atomic E-state index is 0.235. The van der Waals surface area contributed by atoms with E-state index in [9.17, 15) is 9.59 Å². The molecule has 8 heteroatoms. The first kappa shape index (κ1) is 27.7. The molecule has 0 radical (unpaired) electrons. The Kier molecular flexibility index (Phi) is 7.78. The number of benzene rings is 4. The summed E-state index contributed by atoms with van der Waals surface area (Å²) in [6.45, 7) is 2.28. The summed E-state index contributed by atoms with van der Waals surface area (Å²) in [5.74, 6) is 0.157. The number of nitrogens with zero attached hydrogens (tertiary/aromatic N) is 2. The zero-order chi connectivity index (χ0) is 29.2. The van der Waals surface area contributed by atoms with Gasteiger partial charge >= 0.3 is 5.97 Å². The van der Waals surface area contributed by atoms with Crippen molar-refractivity contribution < 1.29 is 14.3 Å². The third-order valence-corrected chi connectivity index (χ3v) is 8.51. The second kappa shape index (κ2) is 11.8. The average Bonchev–Trinajstić information content (AvgIpc) is 3.34. The van der Waals surface area contributed by atoms with Crippen LogP contribution in [0.3, 0.4) is 0 Å². The first-order chi connectivity index (χ1) is 20.5. The Labute approximate surface area is 251 Å². The van der Waals surface area contributed by atoms with Crippen LogP contribution in [0.2, 0.25) is 5.02 Å². The van der Waals surface area contributed by atoms with Crippen molar-refractivity contribution in [2.24, 2.45) is 4.99 Å². The van der Waals surface area contributed by atoms with Gasteiger partial charge in [-0.1, -0.05) is 103 Å². The molecule has 0 aliphatic carbocycles. The van der Waals surface area contributed by atoms with Gasteiger partial charge < -0.3 is 9.47 Å². The second-order valence-corrected chi connectivity index (χ2v) is 11.3. The van der Waals surface area contributed by atoms with Crippen molar-refractivity contribution in [3.05, 3.63) is 144 Å². The Morgan fingerprint density at radius 3 is 2.48 bits per heavy atom. The zero-order valence-electron chi connectivity index (χ0n) is 23.0. The molecule has 2 heterocycles. The molecule has 6 rings (SSSR count). The molecule has 0 saturated carbocycles. The molecule has 0 fully saturated rings. The van der Waals surface area contributed by atoms with E-state index in [4.69, 9.17) is 26.1 Å². The van der Waals surface area contributed by atoms with Gasteiger partial charge in [0.05, 0.1) is 29.0 Å². The van der Waals surface area contributed by atoms with Crippen molar-refractivity contribution in [1.29, 1.82) is 0 Å². The van der Waals surface area contributed by atoms with Crippen LogP contribution in [0.25, 0.3) is 16.8 Å². The summed E-state index contributed by atoms with van der Waals surface area (Å²) in [6.07, 6.45) is 2.39. The SMILES string of the molecule is CCC1=C(C(=O)OC)[C@@H](c2ccccc2)n2c(s/c(=C/c3c(OCc4ccc(Cl)cc4)ccc4ccccc34)c2=O)=N1. The number of allylic oxidation sites excluding steroid dienone is 1. The summed E-state index contributed by atoms with van der Waals surface area (Å²) >= 11 is 7.36. The van der Waals surface area contributed by atoms with Gasteiger partial charge in [-0.2, -0.15) is 0 Å². The highest BCUT2D eigenvalue weighted by Gasteiger charge is 2.33. The molecule has 210 valence electrons. The van der Waals surface area contributed by atoms with Gasteiger partial charge in [0.1, 0.15) is 12.4 Å². The number of rotatable bonds is 7. The number of aromatic nitrogens is 1. The number of fused-ring (bicyclic) bond motifs is 2. The maximum atomic E-state index is 14.2. The standard InChI is InChI=1S/C34H27ClN2O4S/c1-3-27-30(33(39)40-2)31(23-10-5-4-6-11-23)37-32(38)29(42-34(37)36-27)19-26-25-12-8-7-9-22(25)15-18-28(26)41-20-21-13-16-24(35)17-14-21/h4-19,31H,3,20H2,1-2H3/b29-19+/t31-/m1/s1.